The highest BCUT2D eigenvalue weighted by Gasteiger charge is 1.99. The van der Waals surface area contributed by atoms with Crippen molar-refractivity contribution in [1.82, 2.24) is 15.1 Å². The van der Waals surface area contributed by atoms with Crippen LogP contribution in [0.15, 0.2) is 34.6 Å². The van der Waals surface area contributed by atoms with E-state index in [9.17, 15) is 0 Å². The van der Waals surface area contributed by atoms with Gasteiger partial charge in [-0.15, -0.1) is 9.89 Å². The molecule has 1 heterocycles. The average molecular weight is 161 g/mol. The van der Waals surface area contributed by atoms with Crippen molar-refractivity contribution in [3.63, 3.8) is 0 Å². The molecule has 2 rings (SSSR count). The molecule has 0 amide bonds. The van der Waals surface area contributed by atoms with Crippen LogP contribution in [-0.4, -0.2) is 22.2 Å². The van der Waals surface area contributed by atoms with E-state index in [4.69, 9.17) is 0 Å². The van der Waals surface area contributed by atoms with Crippen LogP contribution in [0, 0.1) is 0 Å². The van der Waals surface area contributed by atoms with Gasteiger partial charge in [0.2, 0.25) is 0 Å². The van der Waals surface area contributed by atoms with Gasteiger partial charge in [0.1, 0.15) is 11.0 Å². The minimum atomic E-state index is 0.824. The highest BCUT2D eigenvalue weighted by atomic mass is 15.6. The fourth-order valence-corrected chi connectivity index (χ4v) is 1.01. The van der Waals surface area contributed by atoms with Gasteiger partial charge >= 0.3 is 0 Å². The fraction of sp³-hybridized carbons (Fsp3) is 0.143. The largest absolute Gasteiger partial charge is 0.172 e. The Morgan fingerprint density at radius 3 is 3.00 bits per heavy atom. The summed E-state index contributed by atoms with van der Waals surface area (Å²) in [4.78, 5) is 1.40. The van der Waals surface area contributed by atoms with Gasteiger partial charge < -0.3 is 0 Å². The zero-order valence-corrected chi connectivity index (χ0v) is 6.55. The van der Waals surface area contributed by atoms with Gasteiger partial charge in [-0.2, -0.15) is 5.11 Å². The lowest BCUT2D eigenvalue weighted by Gasteiger charge is -1.87. The van der Waals surface area contributed by atoms with E-state index >= 15 is 0 Å². The Hall–Kier alpha value is -1.78. The third-order valence-electron chi connectivity index (χ3n) is 1.51. The summed E-state index contributed by atoms with van der Waals surface area (Å²) in [6.07, 6.45) is 0. The van der Waals surface area contributed by atoms with Crippen LogP contribution in [0.25, 0.3) is 11.0 Å². The van der Waals surface area contributed by atoms with Gasteiger partial charge in [-0.3, -0.25) is 0 Å². The highest BCUT2D eigenvalue weighted by molar-refractivity contribution is 5.73. The van der Waals surface area contributed by atoms with Gasteiger partial charge in [0.15, 0.2) is 0 Å². The number of fused-ring (bicyclic) bond motifs is 1. The fourth-order valence-electron chi connectivity index (χ4n) is 1.01. The van der Waals surface area contributed by atoms with E-state index in [-0.39, 0.29) is 0 Å². The normalized spacial score (nSPS) is 11.4. The number of para-hydroxylation sites is 1. The van der Waals surface area contributed by atoms with Crippen LogP contribution in [0.5, 0.6) is 0 Å². The second-order valence-electron chi connectivity index (χ2n) is 2.26. The van der Waals surface area contributed by atoms with Crippen molar-refractivity contribution in [1.29, 1.82) is 0 Å². The van der Waals surface area contributed by atoms with Crippen molar-refractivity contribution in [3.8, 4) is 0 Å². The Morgan fingerprint density at radius 1 is 1.33 bits per heavy atom. The summed E-state index contributed by atoms with van der Waals surface area (Å²) in [6, 6.07) is 7.59. The second kappa shape index (κ2) is 2.69. The third-order valence-corrected chi connectivity index (χ3v) is 1.51. The summed E-state index contributed by atoms with van der Waals surface area (Å²) in [5, 5.41) is 15.1. The number of benzene rings is 1. The van der Waals surface area contributed by atoms with Gasteiger partial charge in [-0.05, 0) is 22.6 Å². The molecule has 5 heteroatoms. The van der Waals surface area contributed by atoms with Gasteiger partial charge in [0.25, 0.3) is 0 Å². The standard InChI is InChI=1S/C7H7N5/c1-8-10-12-7-5-3-2-4-6(7)9-11-12/h2-5H,1H3. The van der Waals surface area contributed by atoms with Crippen LogP contribution in [0.2, 0.25) is 0 Å². The van der Waals surface area contributed by atoms with E-state index < -0.39 is 0 Å². The van der Waals surface area contributed by atoms with Crippen molar-refractivity contribution < 1.29 is 0 Å². The predicted molar refractivity (Wildman–Crippen MR) is 43.7 cm³/mol. The first kappa shape index (κ1) is 6.90. The Balaban J connectivity index is 2.70. The summed E-state index contributed by atoms with van der Waals surface area (Å²) in [6.45, 7) is 0. The lowest BCUT2D eigenvalue weighted by molar-refractivity contribution is 0.667. The minimum Gasteiger partial charge on any atom is -0.172 e. The van der Waals surface area contributed by atoms with Gasteiger partial charge in [-0.25, -0.2) is 0 Å². The second-order valence-corrected chi connectivity index (χ2v) is 2.26. The van der Waals surface area contributed by atoms with Crippen molar-refractivity contribution in [2.45, 2.75) is 0 Å². The zero-order chi connectivity index (χ0) is 8.39. The van der Waals surface area contributed by atoms with E-state index in [2.05, 4.69) is 20.6 Å². The molecule has 1 aromatic carbocycles. The number of hydrogen-bond acceptors (Lipinski definition) is 4. The Kier molecular flexibility index (Phi) is 1.55. The maximum atomic E-state index is 3.90. The quantitative estimate of drug-likeness (QED) is 0.591. The maximum absolute atomic E-state index is 3.90. The Bertz CT molecular complexity index is 416. The number of hydrogen-bond donors (Lipinski definition) is 0. The molecule has 1 aromatic heterocycles. The molecule has 0 N–H and O–H groups in total. The monoisotopic (exact) mass is 161 g/mol. The molecule has 0 spiro atoms. The van der Waals surface area contributed by atoms with E-state index in [1.807, 2.05) is 24.3 Å². The summed E-state index contributed by atoms with van der Waals surface area (Å²) in [5.74, 6) is 0. The molecule has 0 aliphatic carbocycles. The molecule has 0 bridgehead atoms. The molecular weight excluding hydrogens is 154 g/mol. The predicted octanol–water partition coefficient (Wildman–Crippen LogP) is 1.28. The smallest absolute Gasteiger partial charge is 0.117 e. The minimum absolute atomic E-state index is 0.824. The maximum Gasteiger partial charge on any atom is 0.117 e. The van der Waals surface area contributed by atoms with Gasteiger partial charge in [-0.1, -0.05) is 12.1 Å². The first-order valence-electron chi connectivity index (χ1n) is 3.52. The molecule has 0 aliphatic rings. The van der Waals surface area contributed by atoms with Crippen molar-refractivity contribution >= 4 is 11.0 Å². The third kappa shape index (κ3) is 0.952. The average Bonchev–Trinajstić information content (AvgIpc) is 2.50. The molecule has 60 valence electrons. The lowest BCUT2D eigenvalue weighted by atomic mass is 10.3. The topological polar surface area (TPSA) is 55.4 Å². The van der Waals surface area contributed by atoms with Crippen molar-refractivity contribution in [2.75, 3.05) is 7.05 Å². The van der Waals surface area contributed by atoms with Crippen LogP contribution in [0.4, 0.5) is 0 Å². The van der Waals surface area contributed by atoms with Crippen molar-refractivity contribution in [2.24, 2.45) is 10.3 Å². The number of nitrogens with zero attached hydrogens (tertiary/aromatic N) is 5. The summed E-state index contributed by atoms with van der Waals surface area (Å²) >= 11 is 0. The first-order valence-corrected chi connectivity index (χ1v) is 3.52. The molecule has 0 saturated heterocycles. The molecule has 12 heavy (non-hydrogen) atoms. The molecule has 0 atom stereocenters. The number of aromatic nitrogens is 3. The van der Waals surface area contributed by atoms with Crippen LogP contribution in [-0.2, 0) is 0 Å². The van der Waals surface area contributed by atoms with Crippen molar-refractivity contribution in [3.05, 3.63) is 24.3 Å². The SMILES string of the molecule is CN=Nn1nnc2ccccc21. The molecule has 0 unspecified atom stereocenters. The van der Waals surface area contributed by atoms with Gasteiger partial charge in [0, 0.05) is 0 Å². The van der Waals surface area contributed by atoms with E-state index in [1.54, 1.807) is 7.05 Å². The van der Waals surface area contributed by atoms with Crippen LogP contribution < -0.4 is 0 Å². The molecule has 0 saturated carbocycles. The molecule has 2 aromatic rings. The van der Waals surface area contributed by atoms with E-state index in [1.165, 1.54) is 4.79 Å². The Labute approximate surface area is 68.7 Å². The van der Waals surface area contributed by atoms with E-state index in [0.29, 0.717) is 0 Å². The summed E-state index contributed by atoms with van der Waals surface area (Å²) in [5.41, 5.74) is 1.69. The Morgan fingerprint density at radius 2 is 2.17 bits per heavy atom. The van der Waals surface area contributed by atoms with Crippen LogP contribution in [0.1, 0.15) is 0 Å². The summed E-state index contributed by atoms with van der Waals surface area (Å²) < 4.78 is 0. The highest BCUT2D eigenvalue weighted by Crippen LogP contribution is 2.08. The van der Waals surface area contributed by atoms with Crippen LogP contribution >= 0.6 is 0 Å². The number of rotatable bonds is 1. The molecule has 0 aliphatic heterocycles. The molecular formula is C7H7N5. The molecule has 0 radical (unpaired) electrons. The molecule has 0 fully saturated rings. The molecule has 5 nitrogen and oxygen atoms in total. The van der Waals surface area contributed by atoms with E-state index in [0.717, 1.165) is 11.0 Å². The lowest BCUT2D eigenvalue weighted by Crippen LogP contribution is -1.88. The summed E-state index contributed by atoms with van der Waals surface area (Å²) in [7, 11) is 1.59. The van der Waals surface area contributed by atoms with Crippen LogP contribution in [0.3, 0.4) is 0 Å². The zero-order valence-electron chi connectivity index (χ0n) is 6.55. The first-order chi connectivity index (χ1) is 5.92. The van der Waals surface area contributed by atoms with Gasteiger partial charge in [0.05, 0.1) is 7.05 Å².